The molecule has 0 saturated heterocycles. The van der Waals surface area contributed by atoms with Crippen LogP contribution < -0.4 is 0 Å². The van der Waals surface area contributed by atoms with Gasteiger partial charge < -0.3 is 5.11 Å². The molecule has 1 aliphatic rings. The molecule has 0 amide bonds. The molecule has 0 aromatic heterocycles. The smallest absolute Gasteiger partial charge is 0.0605 e. The molecule has 0 bridgehead atoms. The van der Waals surface area contributed by atoms with Crippen molar-refractivity contribution in [1.82, 2.24) is 0 Å². The van der Waals surface area contributed by atoms with E-state index in [4.69, 9.17) is 0 Å². The van der Waals surface area contributed by atoms with Crippen LogP contribution in [-0.2, 0) is 0 Å². The van der Waals surface area contributed by atoms with Gasteiger partial charge in [-0.3, -0.25) is 0 Å². The molecule has 1 N–H and O–H groups in total. The van der Waals surface area contributed by atoms with Crippen molar-refractivity contribution in [2.45, 2.75) is 51.6 Å². The van der Waals surface area contributed by atoms with Gasteiger partial charge in [-0.2, -0.15) is 0 Å². The van der Waals surface area contributed by atoms with E-state index >= 15 is 0 Å². The first kappa shape index (κ1) is 9.79. The highest BCUT2D eigenvalue weighted by atomic mass is 16.3. The topological polar surface area (TPSA) is 20.2 Å². The summed E-state index contributed by atoms with van der Waals surface area (Å²) in [5.41, 5.74) is 1.10. The fourth-order valence-corrected chi connectivity index (χ4v) is 2.04. The second kappa shape index (κ2) is 4.66. The highest BCUT2D eigenvalue weighted by molar-refractivity contribution is 4.92. The van der Waals surface area contributed by atoms with E-state index in [9.17, 15) is 5.11 Å². The second-order valence-electron chi connectivity index (χ2n) is 4.13. The molecule has 0 unspecified atom stereocenters. The van der Waals surface area contributed by atoms with Crippen molar-refractivity contribution in [3.63, 3.8) is 0 Å². The molecule has 1 rings (SSSR count). The first-order valence-corrected chi connectivity index (χ1v) is 5.02. The number of hydrogen-bond donors (Lipinski definition) is 1. The minimum absolute atomic E-state index is 0.122. The lowest BCUT2D eigenvalue weighted by molar-refractivity contribution is 0.0852. The molecule has 1 heteroatoms. The van der Waals surface area contributed by atoms with Crippen LogP contribution >= 0.6 is 0 Å². The van der Waals surface area contributed by atoms with Crippen molar-refractivity contribution in [2.75, 3.05) is 0 Å². The van der Waals surface area contributed by atoms with E-state index in [2.05, 4.69) is 6.58 Å². The summed E-state index contributed by atoms with van der Waals surface area (Å²) in [5, 5.41) is 9.78. The van der Waals surface area contributed by atoms with Crippen LogP contribution in [0, 0.1) is 5.92 Å². The molecular weight excluding hydrogens is 148 g/mol. The zero-order chi connectivity index (χ0) is 8.97. The van der Waals surface area contributed by atoms with Crippen molar-refractivity contribution in [1.29, 1.82) is 0 Å². The molecule has 0 aromatic rings. The third kappa shape index (κ3) is 2.98. The molecule has 0 aromatic carbocycles. The number of aliphatic hydroxyl groups is 1. The van der Waals surface area contributed by atoms with E-state index in [1.165, 1.54) is 32.1 Å². The van der Waals surface area contributed by atoms with Crippen molar-refractivity contribution < 1.29 is 5.11 Å². The summed E-state index contributed by atoms with van der Waals surface area (Å²) in [6.07, 6.45) is 7.07. The zero-order valence-corrected chi connectivity index (χ0v) is 8.05. The van der Waals surface area contributed by atoms with Crippen molar-refractivity contribution in [3.05, 3.63) is 12.2 Å². The Labute approximate surface area is 75.5 Å². The van der Waals surface area contributed by atoms with Crippen LogP contribution in [0.2, 0.25) is 0 Å². The Balaban J connectivity index is 2.29. The van der Waals surface area contributed by atoms with Gasteiger partial charge in [0.05, 0.1) is 6.10 Å². The average molecular weight is 168 g/mol. The quantitative estimate of drug-likeness (QED) is 0.642. The van der Waals surface area contributed by atoms with Crippen molar-refractivity contribution >= 4 is 0 Å². The maximum Gasteiger partial charge on any atom is 0.0605 e. The van der Waals surface area contributed by atoms with E-state index in [1.807, 2.05) is 6.92 Å². The third-order valence-corrected chi connectivity index (χ3v) is 2.75. The second-order valence-corrected chi connectivity index (χ2v) is 4.13. The number of hydrogen-bond acceptors (Lipinski definition) is 1. The normalized spacial score (nSPS) is 22.2. The molecule has 1 saturated carbocycles. The predicted octanol–water partition coefficient (Wildman–Crippen LogP) is 2.89. The van der Waals surface area contributed by atoms with Crippen molar-refractivity contribution in [2.24, 2.45) is 5.92 Å². The van der Waals surface area contributed by atoms with Gasteiger partial charge >= 0.3 is 0 Å². The van der Waals surface area contributed by atoms with Crippen molar-refractivity contribution in [3.8, 4) is 0 Å². The highest BCUT2D eigenvalue weighted by Crippen LogP contribution is 2.28. The summed E-state index contributed by atoms with van der Waals surface area (Å²) in [4.78, 5) is 0. The van der Waals surface area contributed by atoms with Crippen LogP contribution in [0.5, 0.6) is 0 Å². The Hall–Kier alpha value is -0.300. The molecule has 0 heterocycles. The Kier molecular flexibility index (Phi) is 3.80. The van der Waals surface area contributed by atoms with Gasteiger partial charge in [0.2, 0.25) is 0 Å². The highest BCUT2D eigenvalue weighted by Gasteiger charge is 2.21. The van der Waals surface area contributed by atoms with E-state index in [1.54, 1.807) is 0 Å². The molecule has 0 radical (unpaired) electrons. The van der Waals surface area contributed by atoms with Gasteiger partial charge in [-0.1, -0.05) is 24.8 Å². The lowest BCUT2D eigenvalue weighted by Gasteiger charge is -2.26. The SMILES string of the molecule is C=C(C)C[C@@H](O)C1CCCCC1. The zero-order valence-electron chi connectivity index (χ0n) is 8.05. The van der Waals surface area contributed by atoms with E-state index < -0.39 is 0 Å². The van der Waals surface area contributed by atoms with E-state index in [0.29, 0.717) is 5.92 Å². The fourth-order valence-electron chi connectivity index (χ4n) is 2.04. The third-order valence-electron chi connectivity index (χ3n) is 2.75. The van der Waals surface area contributed by atoms with Gasteiger partial charge in [0.1, 0.15) is 0 Å². The Morgan fingerprint density at radius 2 is 2.00 bits per heavy atom. The summed E-state index contributed by atoms with van der Waals surface area (Å²) in [6, 6.07) is 0. The van der Waals surface area contributed by atoms with Crippen LogP contribution in [0.25, 0.3) is 0 Å². The first-order chi connectivity index (χ1) is 5.70. The molecule has 70 valence electrons. The van der Waals surface area contributed by atoms with Gasteiger partial charge in [0, 0.05) is 0 Å². The molecule has 1 fully saturated rings. The predicted molar refractivity (Wildman–Crippen MR) is 52.0 cm³/mol. The monoisotopic (exact) mass is 168 g/mol. The summed E-state index contributed by atoms with van der Waals surface area (Å²) in [7, 11) is 0. The van der Waals surface area contributed by atoms with Gasteiger partial charge in [-0.15, -0.1) is 6.58 Å². The van der Waals surface area contributed by atoms with Crippen LogP contribution in [0.3, 0.4) is 0 Å². The first-order valence-electron chi connectivity index (χ1n) is 5.02. The molecule has 1 aliphatic carbocycles. The Morgan fingerprint density at radius 1 is 1.42 bits per heavy atom. The lowest BCUT2D eigenvalue weighted by atomic mass is 9.83. The van der Waals surface area contributed by atoms with Crippen LogP contribution in [-0.4, -0.2) is 11.2 Å². The Morgan fingerprint density at radius 3 is 2.50 bits per heavy atom. The molecule has 0 spiro atoms. The minimum atomic E-state index is -0.122. The summed E-state index contributed by atoms with van der Waals surface area (Å²) < 4.78 is 0. The lowest BCUT2D eigenvalue weighted by Crippen LogP contribution is -2.22. The number of aliphatic hydroxyl groups excluding tert-OH is 1. The molecule has 0 aliphatic heterocycles. The maximum atomic E-state index is 9.78. The molecule has 1 atom stereocenters. The minimum Gasteiger partial charge on any atom is -0.393 e. The molecule has 1 nitrogen and oxygen atoms in total. The molecule has 12 heavy (non-hydrogen) atoms. The molecular formula is C11H20O. The maximum absolute atomic E-state index is 9.78. The van der Waals surface area contributed by atoms with Crippen LogP contribution in [0.1, 0.15) is 45.4 Å². The van der Waals surface area contributed by atoms with Gasteiger partial charge in [-0.25, -0.2) is 0 Å². The summed E-state index contributed by atoms with van der Waals surface area (Å²) >= 11 is 0. The van der Waals surface area contributed by atoms with Crippen LogP contribution in [0.4, 0.5) is 0 Å². The van der Waals surface area contributed by atoms with E-state index in [0.717, 1.165) is 12.0 Å². The van der Waals surface area contributed by atoms with E-state index in [-0.39, 0.29) is 6.10 Å². The summed E-state index contributed by atoms with van der Waals surface area (Å²) in [5.74, 6) is 0.551. The van der Waals surface area contributed by atoms with Crippen LogP contribution in [0.15, 0.2) is 12.2 Å². The summed E-state index contributed by atoms with van der Waals surface area (Å²) in [6.45, 7) is 5.82. The van der Waals surface area contributed by atoms with Gasteiger partial charge in [-0.05, 0) is 32.1 Å². The average Bonchev–Trinajstić information content (AvgIpc) is 2.05. The Bertz CT molecular complexity index is 145. The standard InChI is InChI=1S/C11H20O/c1-9(2)8-11(12)10-6-4-3-5-7-10/h10-12H,1,3-8H2,2H3/t11-/m1/s1. The largest absolute Gasteiger partial charge is 0.393 e. The number of rotatable bonds is 3. The fraction of sp³-hybridized carbons (Fsp3) is 0.818. The van der Waals surface area contributed by atoms with Gasteiger partial charge in [0.15, 0.2) is 0 Å². The van der Waals surface area contributed by atoms with Gasteiger partial charge in [0.25, 0.3) is 0 Å².